The second kappa shape index (κ2) is 9.70. The highest BCUT2D eigenvalue weighted by Gasteiger charge is 2.22. The molecule has 28 heavy (non-hydrogen) atoms. The number of halogens is 3. The Bertz CT molecular complexity index is 863. The third-order valence-corrected chi connectivity index (χ3v) is 3.66. The molecule has 0 spiro atoms. The van der Waals surface area contributed by atoms with Crippen molar-refractivity contribution in [1.82, 2.24) is 0 Å². The quantitative estimate of drug-likeness (QED) is 0.346. The predicted molar refractivity (Wildman–Crippen MR) is 93.0 cm³/mol. The third-order valence-electron chi connectivity index (χ3n) is 3.35. The number of nitro groups is 1. The Morgan fingerprint density at radius 3 is 2.54 bits per heavy atom. The minimum atomic E-state index is -3.20. The van der Waals surface area contributed by atoms with Gasteiger partial charge in [0.15, 0.2) is 18.1 Å². The van der Waals surface area contributed by atoms with E-state index >= 15 is 0 Å². The molecule has 2 aromatic rings. The zero-order valence-electron chi connectivity index (χ0n) is 14.4. The van der Waals surface area contributed by atoms with Crippen LogP contribution in [0.3, 0.4) is 0 Å². The molecule has 0 aliphatic heterocycles. The lowest BCUT2D eigenvalue weighted by atomic mass is 10.1. The number of carbonyl (C=O) groups is 1. The first-order valence-corrected chi connectivity index (χ1v) is 8.02. The van der Waals surface area contributed by atoms with Crippen LogP contribution in [0.2, 0.25) is 5.02 Å². The van der Waals surface area contributed by atoms with Crippen molar-refractivity contribution in [3.05, 3.63) is 57.1 Å². The predicted octanol–water partition coefficient (Wildman–Crippen LogP) is 3.98. The van der Waals surface area contributed by atoms with Crippen LogP contribution >= 0.6 is 11.6 Å². The number of hydrogen-bond acceptors (Lipinski definition) is 7. The lowest BCUT2D eigenvalue weighted by Crippen LogP contribution is -2.15. The molecule has 0 N–H and O–H groups in total. The number of hydrogen-bond donors (Lipinski definition) is 0. The normalized spacial score (nSPS) is 10.5. The van der Waals surface area contributed by atoms with Gasteiger partial charge in [-0.15, -0.1) is 0 Å². The van der Waals surface area contributed by atoms with E-state index in [0.717, 1.165) is 12.1 Å². The SMILES string of the molecule is COc1cc(COC(=O)COc2ccccc2Cl)c([N+](=O)[O-])cc1OC(F)F. The zero-order valence-corrected chi connectivity index (χ0v) is 15.2. The molecule has 0 aromatic heterocycles. The average Bonchev–Trinajstić information content (AvgIpc) is 2.65. The first-order chi connectivity index (χ1) is 13.3. The van der Waals surface area contributed by atoms with Crippen LogP contribution in [0, 0.1) is 10.1 Å². The van der Waals surface area contributed by atoms with Gasteiger partial charge in [-0.2, -0.15) is 8.78 Å². The van der Waals surface area contributed by atoms with E-state index in [4.69, 9.17) is 25.8 Å². The summed E-state index contributed by atoms with van der Waals surface area (Å²) in [6, 6.07) is 8.31. The van der Waals surface area contributed by atoms with Gasteiger partial charge in [0.25, 0.3) is 5.69 Å². The maximum atomic E-state index is 12.4. The molecule has 0 atom stereocenters. The summed E-state index contributed by atoms with van der Waals surface area (Å²) >= 11 is 5.89. The van der Waals surface area contributed by atoms with Crippen LogP contribution in [0.15, 0.2) is 36.4 Å². The smallest absolute Gasteiger partial charge is 0.387 e. The number of benzene rings is 2. The fourth-order valence-electron chi connectivity index (χ4n) is 2.12. The van der Waals surface area contributed by atoms with Crippen molar-refractivity contribution >= 4 is 23.3 Å². The van der Waals surface area contributed by atoms with Gasteiger partial charge in [0, 0.05) is 0 Å². The molecule has 0 radical (unpaired) electrons. The third kappa shape index (κ3) is 5.68. The van der Waals surface area contributed by atoms with Crippen LogP contribution in [0.25, 0.3) is 0 Å². The minimum Gasteiger partial charge on any atom is -0.493 e. The number of methoxy groups -OCH3 is 1. The largest absolute Gasteiger partial charge is 0.493 e. The molecule has 0 bridgehead atoms. The number of ether oxygens (including phenoxy) is 4. The summed E-state index contributed by atoms with van der Waals surface area (Å²) < 4.78 is 44.1. The summed E-state index contributed by atoms with van der Waals surface area (Å²) in [7, 11) is 1.17. The van der Waals surface area contributed by atoms with E-state index in [0.29, 0.717) is 5.02 Å². The van der Waals surface area contributed by atoms with Gasteiger partial charge in [0.05, 0.1) is 28.7 Å². The van der Waals surface area contributed by atoms with Gasteiger partial charge in [0.2, 0.25) is 0 Å². The van der Waals surface area contributed by atoms with Gasteiger partial charge >= 0.3 is 12.6 Å². The number of esters is 1. The fourth-order valence-corrected chi connectivity index (χ4v) is 2.31. The first kappa shape index (κ1) is 21.2. The Labute approximate surface area is 162 Å². The lowest BCUT2D eigenvalue weighted by molar-refractivity contribution is -0.386. The first-order valence-electron chi connectivity index (χ1n) is 7.65. The van der Waals surface area contributed by atoms with Crippen molar-refractivity contribution in [2.75, 3.05) is 13.7 Å². The Morgan fingerprint density at radius 1 is 1.21 bits per heavy atom. The highest BCUT2D eigenvalue weighted by molar-refractivity contribution is 6.32. The number of para-hydroxylation sites is 1. The van der Waals surface area contributed by atoms with E-state index in [1.54, 1.807) is 24.3 Å². The van der Waals surface area contributed by atoms with Gasteiger partial charge in [-0.25, -0.2) is 4.79 Å². The van der Waals surface area contributed by atoms with Gasteiger partial charge in [-0.05, 0) is 18.2 Å². The van der Waals surface area contributed by atoms with Crippen LogP contribution in [0.1, 0.15) is 5.56 Å². The van der Waals surface area contributed by atoms with Crippen molar-refractivity contribution in [3.8, 4) is 17.2 Å². The van der Waals surface area contributed by atoms with Crippen molar-refractivity contribution in [2.45, 2.75) is 13.2 Å². The van der Waals surface area contributed by atoms with Crippen molar-refractivity contribution in [3.63, 3.8) is 0 Å². The molecule has 0 unspecified atom stereocenters. The molecule has 2 rings (SSSR count). The second-order valence-corrected chi connectivity index (χ2v) is 5.55. The van der Waals surface area contributed by atoms with E-state index in [9.17, 15) is 23.7 Å². The molecular weight excluding hydrogens is 404 g/mol. The Balaban J connectivity index is 2.08. The van der Waals surface area contributed by atoms with Crippen LogP contribution < -0.4 is 14.2 Å². The molecule has 0 fully saturated rings. The van der Waals surface area contributed by atoms with Crippen LogP contribution in [0.5, 0.6) is 17.2 Å². The fraction of sp³-hybridized carbons (Fsp3) is 0.235. The Kier molecular flexibility index (Phi) is 7.33. The van der Waals surface area contributed by atoms with E-state index in [1.165, 1.54) is 7.11 Å². The van der Waals surface area contributed by atoms with Crippen molar-refractivity contribution in [2.24, 2.45) is 0 Å². The molecule has 150 valence electrons. The van der Waals surface area contributed by atoms with E-state index < -0.39 is 42.2 Å². The number of rotatable bonds is 9. The number of carbonyl (C=O) groups excluding carboxylic acids is 1. The van der Waals surface area contributed by atoms with Crippen molar-refractivity contribution < 1.29 is 37.4 Å². The van der Waals surface area contributed by atoms with E-state index in [-0.39, 0.29) is 17.1 Å². The summed E-state index contributed by atoms with van der Waals surface area (Å²) in [4.78, 5) is 22.2. The van der Waals surface area contributed by atoms with Gasteiger partial charge in [-0.1, -0.05) is 23.7 Å². The molecule has 0 amide bonds. The second-order valence-electron chi connectivity index (χ2n) is 5.15. The summed E-state index contributed by atoms with van der Waals surface area (Å²) in [5, 5.41) is 11.5. The maximum absolute atomic E-state index is 12.4. The molecule has 0 heterocycles. The Morgan fingerprint density at radius 2 is 1.93 bits per heavy atom. The number of nitro benzene ring substituents is 1. The van der Waals surface area contributed by atoms with Gasteiger partial charge < -0.3 is 18.9 Å². The van der Waals surface area contributed by atoms with Crippen LogP contribution in [0.4, 0.5) is 14.5 Å². The van der Waals surface area contributed by atoms with E-state index in [2.05, 4.69) is 4.74 Å². The molecule has 11 heteroatoms. The van der Waals surface area contributed by atoms with E-state index in [1.807, 2.05) is 0 Å². The molecule has 2 aromatic carbocycles. The van der Waals surface area contributed by atoms with Gasteiger partial charge in [-0.3, -0.25) is 10.1 Å². The number of nitrogens with zero attached hydrogens (tertiary/aromatic N) is 1. The summed E-state index contributed by atoms with van der Waals surface area (Å²) in [5.74, 6) is -1.24. The molecule has 0 aliphatic carbocycles. The van der Waals surface area contributed by atoms with Crippen LogP contribution in [-0.2, 0) is 16.1 Å². The van der Waals surface area contributed by atoms with Gasteiger partial charge in [0.1, 0.15) is 12.4 Å². The highest BCUT2D eigenvalue weighted by atomic mass is 35.5. The molecule has 0 saturated heterocycles. The number of alkyl halides is 2. The summed E-state index contributed by atoms with van der Waals surface area (Å²) in [6.07, 6.45) is 0. The maximum Gasteiger partial charge on any atom is 0.387 e. The minimum absolute atomic E-state index is 0.0745. The molecule has 8 nitrogen and oxygen atoms in total. The molecule has 0 aliphatic rings. The standard InChI is InChI=1S/C17H14ClF2NO7/c1-25-14-6-10(12(21(23)24)7-15(14)28-17(19)20)8-27-16(22)9-26-13-5-3-2-4-11(13)18/h2-7,17H,8-9H2,1H3. The zero-order chi connectivity index (χ0) is 20.7. The molecule has 0 saturated carbocycles. The molecular formula is C17H14ClF2NO7. The monoisotopic (exact) mass is 417 g/mol. The van der Waals surface area contributed by atoms with Crippen LogP contribution in [-0.4, -0.2) is 31.2 Å². The summed E-state index contributed by atoms with van der Waals surface area (Å²) in [6.45, 7) is -4.19. The topological polar surface area (TPSA) is 97.1 Å². The average molecular weight is 418 g/mol. The lowest BCUT2D eigenvalue weighted by Gasteiger charge is -2.12. The Hall–Kier alpha value is -3.14. The highest BCUT2D eigenvalue weighted by Crippen LogP contribution is 2.36. The summed E-state index contributed by atoms with van der Waals surface area (Å²) in [5.41, 5.74) is -0.647. The van der Waals surface area contributed by atoms with Crippen molar-refractivity contribution in [1.29, 1.82) is 0 Å².